The number of sulfonamides is 1. The maximum Gasteiger partial charge on any atom is 0.325 e. The van der Waals surface area contributed by atoms with E-state index in [4.69, 9.17) is 14.2 Å². The van der Waals surface area contributed by atoms with E-state index >= 15 is 0 Å². The number of piperazine rings is 1. The Morgan fingerprint density at radius 1 is 0.921 bits per heavy atom. The first kappa shape index (κ1) is 27.2. The fraction of sp³-hybridized carbons (Fsp3) is 0.400. The number of carbonyl (C=O) groups is 3. The number of imide groups is 1. The number of amides is 4. The van der Waals surface area contributed by atoms with Gasteiger partial charge in [-0.3, -0.25) is 14.5 Å². The molecule has 2 heterocycles. The number of carbonyl (C=O) groups excluding carboxylic acids is 3. The number of benzene rings is 2. The molecule has 0 saturated carbocycles. The summed E-state index contributed by atoms with van der Waals surface area (Å²) in [7, 11) is 0.709. The van der Waals surface area contributed by atoms with Crippen molar-refractivity contribution in [3.63, 3.8) is 0 Å². The lowest BCUT2D eigenvalue weighted by Crippen LogP contribution is -2.53. The Balaban J connectivity index is 1.41. The second-order valence-electron chi connectivity index (χ2n) is 8.98. The van der Waals surface area contributed by atoms with Crippen LogP contribution in [-0.2, 0) is 25.2 Å². The lowest BCUT2D eigenvalue weighted by atomic mass is 9.91. The van der Waals surface area contributed by atoms with E-state index in [0.29, 0.717) is 22.8 Å². The zero-order valence-electron chi connectivity index (χ0n) is 21.6. The van der Waals surface area contributed by atoms with Crippen molar-refractivity contribution < 1.29 is 37.0 Å². The lowest BCUT2D eigenvalue weighted by molar-refractivity contribution is -0.139. The maximum absolute atomic E-state index is 13.3. The third kappa shape index (κ3) is 4.86. The molecule has 2 aliphatic rings. The zero-order valence-corrected chi connectivity index (χ0v) is 22.4. The Labute approximate surface area is 221 Å². The van der Waals surface area contributed by atoms with E-state index in [0.717, 1.165) is 4.90 Å². The molecule has 4 amide bonds. The lowest BCUT2D eigenvalue weighted by Gasteiger charge is -2.34. The number of methoxy groups -OCH3 is 3. The van der Waals surface area contributed by atoms with Gasteiger partial charge in [0.1, 0.15) is 17.8 Å². The molecule has 0 aliphatic carbocycles. The van der Waals surface area contributed by atoms with E-state index in [2.05, 4.69) is 5.32 Å². The number of hydrogen-bond acceptors (Lipinski definition) is 8. The van der Waals surface area contributed by atoms with Gasteiger partial charge >= 0.3 is 6.03 Å². The van der Waals surface area contributed by atoms with Gasteiger partial charge in [0.25, 0.3) is 5.91 Å². The molecule has 204 valence electrons. The molecule has 0 spiro atoms. The van der Waals surface area contributed by atoms with Gasteiger partial charge in [0.2, 0.25) is 15.9 Å². The zero-order chi connectivity index (χ0) is 27.7. The Kier molecular flexibility index (Phi) is 7.51. The van der Waals surface area contributed by atoms with Crippen LogP contribution in [0.3, 0.4) is 0 Å². The minimum atomic E-state index is -3.74. The number of rotatable bonds is 8. The smallest absolute Gasteiger partial charge is 0.325 e. The Morgan fingerprint density at radius 3 is 2.13 bits per heavy atom. The fourth-order valence-electron chi connectivity index (χ4n) is 4.49. The quantitative estimate of drug-likeness (QED) is 0.485. The average molecular weight is 547 g/mol. The summed E-state index contributed by atoms with van der Waals surface area (Å²) >= 11 is 0. The summed E-state index contributed by atoms with van der Waals surface area (Å²) < 4.78 is 42.9. The van der Waals surface area contributed by atoms with Gasteiger partial charge in [-0.2, -0.15) is 4.31 Å². The molecular weight excluding hydrogens is 516 g/mol. The van der Waals surface area contributed by atoms with Gasteiger partial charge in [0.05, 0.1) is 26.2 Å². The molecule has 4 rings (SSSR count). The normalized spacial score (nSPS) is 20.3. The largest absolute Gasteiger partial charge is 0.497 e. The highest BCUT2D eigenvalue weighted by atomic mass is 32.2. The van der Waals surface area contributed by atoms with Crippen LogP contribution in [0.4, 0.5) is 4.79 Å². The van der Waals surface area contributed by atoms with E-state index in [-0.39, 0.29) is 31.1 Å². The first-order chi connectivity index (χ1) is 18.0. The molecule has 0 aromatic heterocycles. The monoisotopic (exact) mass is 546 g/mol. The molecule has 1 atom stereocenters. The van der Waals surface area contributed by atoms with Crippen LogP contribution in [0, 0.1) is 0 Å². The van der Waals surface area contributed by atoms with Gasteiger partial charge in [-0.15, -0.1) is 0 Å². The molecule has 13 heteroatoms. The van der Waals surface area contributed by atoms with Crippen molar-refractivity contribution >= 4 is 27.9 Å². The van der Waals surface area contributed by atoms with Crippen molar-refractivity contribution in [3.8, 4) is 17.2 Å². The molecule has 2 saturated heterocycles. The Morgan fingerprint density at radius 2 is 1.55 bits per heavy atom. The van der Waals surface area contributed by atoms with Gasteiger partial charge in [0, 0.05) is 26.2 Å². The van der Waals surface area contributed by atoms with Crippen molar-refractivity contribution in [1.82, 2.24) is 19.4 Å². The molecule has 1 unspecified atom stereocenters. The van der Waals surface area contributed by atoms with Crippen LogP contribution in [0.15, 0.2) is 47.4 Å². The van der Waals surface area contributed by atoms with Gasteiger partial charge < -0.3 is 24.4 Å². The second kappa shape index (κ2) is 10.5. The van der Waals surface area contributed by atoms with Crippen LogP contribution >= 0.6 is 0 Å². The minimum absolute atomic E-state index is 0.0869. The standard InChI is InChI=1S/C25H30N4O8S/c1-25(17-5-10-20(36-3)21(15-17)37-4)23(31)29(24(32)26-25)16-22(30)27-11-13-28(14-12-27)38(33,34)19-8-6-18(35-2)7-9-19/h5-10,15H,11-14,16H2,1-4H3,(H,26,32). The van der Waals surface area contributed by atoms with Gasteiger partial charge in [-0.25, -0.2) is 13.2 Å². The van der Waals surface area contributed by atoms with Crippen LogP contribution in [-0.4, -0.2) is 94.4 Å². The fourth-order valence-corrected chi connectivity index (χ4v) is 5.92. The summed E-state index contributed by atoms with van der Waals surface area (Å²) in [6.07, 6.45) is 0. The molecule has 2 fully saturated rings. The molecule has 0 radical (unpaired) electrons. The van der Waals surface area contributed by atoms with Crippen LogP contribution < -0.4 is 19.5 Å². The number of nitrogens with zero attached hydrogens (tertiary/aromatic N) is 3. The summed E-state index contributed by atoms with van der Waals surface area (Å²) in [6.45, 7) is 1.53. The molecule has 38 heavy (non-hydrogen) atoms. The summed E-state index contributed by atoms with van der Waals surface area (Å²) in [6, 6.07) is 10.3. The minimum Gasteiger partial charge on any atom is -0.497 e. The summed E-state index contributed by atoms with van der Waals surface area (Å²) in [5.41, 5.74) is -0.928. The van der Waals surface area contributed by atoms with Gasteiger partial charge in [-0.05, 0) is 48.9 Å². The predicted molar refractivity (Wildman–Crippen MR) is 135 cm³/mol. The van der Waals surface area contributed by atoms with E-state index in [1.807, 2.05) is 0 Å². The number of nitrogens with one attached hydrogen (secondary N) is 1. The molecule has 0 bridgehead atoms. The Hall–Kier alpha value is -3.84. The molecule has 2 aromatic rings. The molecule has 1 N–H and O–H groups in total. The number of ether oxygens (including phenoxy) is 3. The second-order valence-corrected chi connectivity index (χ2v) is 10.9. The molecule has 12 nitrogen and oxygen atoms in total. The van der Waals surface area contributed by atoms with E-state index < -0.39 is 40.0 Å². The highest BCUT2D eigenvalue weighted by molar-refractivity contribution is 7.89. The summed E-state index contributed by atoms with van der Waals surface area (Å²) in [4.78, 5) is 41.5. The molecule has 2 aliphatic heterocycles. The third-order valence-corrected chi connectivity index (χ3v) is 8.73. The molecular formula is C25H30N4O8S. The van der Waals surface area contributed by atoms with Crippen molar-refractivity contribution in [2.75, 3.05) is 54.1 Å². The van der Waals surface area contributed by atoms with E-state index in [1.165, 1.54) is 42.7 Å². The molecule has 2 aromatic carbocycles. The summed E-state index contributed by atoms with van der Waals surface area (Å²) in [5, 5.41) is 2.67. The summed E-state index contributed by atoms with van der Waals surface area (Å²) in [5.74, 6) is 0.375. The third-order valence-electron chi connectivity index (χ3n) is 6.82. The van der Waals surface area contributed by atoms with Crippen molar-refractivity contribution in [2.24, 2.45) is 0 Å². The van der Waals surface area contributed by atoms with Gasteiger partial charge in [0.15, 0.2) is 11.5 Å². The Bertz CT molecular complexity index is 1340. The van der Waals surface area contributed by atoms with Crippen molar-refractivity contribution in [1.29, 1.82) is 0 Å². The topological polar surface area (TPSA) is 135 Å². The number of hydrogen-bond donors (Lipinski definition) is 1. The van der Waals surface area contributed by atoms with Crippen LogP contribution in [0.1, 0.15) is 12.5 Å². The van der Waals surface area contributed by atoms with Crippen LogP contribution in [0.2, 0.25) is 0 Å². The predicted octanol–water partition coefficient (Wildman–Crippen LogP) is 1.01. The SMILES string of the molecule is COc1ccc(S(=O)(=O)N2CCN(C(=O)CN3C(=O)NC(C)(c4ccc(OC)c(OC)c4)C3=O)CC2)cc1. The highest BCUT2D eigenvalue weighted by Gasteiger charge is 2.50. The van der Waals surface area contributed by atoms with E-state index in [1.54, 1.807) is 37.3 Å². The maximum atomic E-state index is 13.3. The van der Waals surface area contributed by atoms with Crippen LogP contribution in [0.5, 0.6) is 17.2 Å². The first-order valence-electron chi connectivity index (χ1n) is 11.8. The van der Waals surface area contributed by atoms with Gasteiger partial charge in [-0.1, -0.05) is 6.07 Å². The number of urea groups is 1. The average Bonchev–Trinajstić information content (AvgIpc) is 3.16. The first-order valence-corrected chi connectivity index (χ1v) is 13.3. The van der Waals surface area contributed by atoms with E-state index in [9.17, 15) is 22.8 Å². The van der Waals surface area contributed by atoms with Crippen molar-refractivity contribution in [2.45, 2.75) is 17.4 Å². The van der Waals surface area contributed by atoms with Crippen molar-refractivity contribution in [3.05, 3.63) is 48.0 Å². The highest BCUT2D eigenvalue weighted by Crippen LogP contribution is 2.35. The van der Waals surface area contributed by atoms with Crippen LogP contribution in [0.25, 0.3) is 0 Å².